The maximum absolute atomic E-state index is 12.8. The minimum Gasteiger partial charge on any atom is -0.496 e. The minimum atomic E-state index is -5.19. The van der Waals surface area contributed by atoms with Gasteiger partial charge in [-0.05, 0) is 41.0 Å². The van der Waals surface area contributed by atoms with Gasteiger partial charge in [-0.2, -0.15) is 8.42 Å². The lowest BCUT2D eigenvalue weighted by Crippen LogP contribution is -2.03. The molecule has 0 atom stereocenters. The first-order valence-electron chi connectivity index (χ1n) is 7.73. The Morgan fingerprint density at radius 1 is 0.926 bits per heavy atom. The number of methoxy groups -OCH3 is 2. The van der Waals surface area contributed by atoms with Gasteiger partial charge in [-0.25, -0.2) is 0 Å². The van der Waals surface area contributed by atoms with Crippen LogP contribution in [-0.4, -0.2) is 32.9 Å². The molecule has 0 radical (unpaired) electrons. The van der Waals surface area contributed by atoms with Gasteiger partial charge in [-0.15, -0.1) is 0 Å². The monoisotopic (exact) mass is 398 g/mol. The summed E-state index contributed by atoms with van der Waals surface area (Å²) in [7, 11) is -2.44. The van der Waals surface area contributed by atoms with Crippen molar-refractivity contribution in [1.82, 2.24) is 0 Å². The third kappa shape index (κ3) is 5.43. The summed E-state index contributed by atoms with van der Waals surface area (Å²) in [6, 6.07) is 7.72. The van der Waals surface area contributed by atoms with Crippen LogP contribution in [0.25, 0.3) is 12.2 Å². The van der Waals surface area contributed by atoms with Crippen LogP contribution in [0.3, 0.4) is 0 Å². The lowest BCUT2D eigenvalue weighted by Gasteiger charge is -2.12. The van der Waals surface area contributed by atoms with E-state index in [1.165, 1.54) is 26.4 Å². The Labute approximate surface area is 156 Å². The van der Waals surface area contributed by atoms with Gasteiger partial charge in [0.2, 0.25) is 0 Å². The predicted molar refractivity (Wildman–Crippen MR) is 97.4 cm³/mol. The molecule has 0 aliphatic carbocycles. The number of ether oxygens (including phenoxy) is 2. The van der Waals surface area contributed by atoms with E-state index in [0.717, 1.165) is 0 Å². The van der Waals surface area contributed by atoms with Crippen molar-refractivity contribution in [2.24, 2.45) is 0 Å². The maximum atomic E-state index is 12.8. The van der Waals surface area contributed by atoms with Crippen LogP contribution in [0.4, 0.5) is 3.89 Å². The highest BCUT2D eigenvalue weighted by Gasteiger charge is 2.15. The first kappa shape index (κ1) is 20.7. The summed E-state index contributed by atoms with van der Waals surface area (Å²) in [6.45, 7) is -0.553. The van der Waals surface area contributed by atoms with E-state index in [-0.39, 0.29) is 24.7 Å². The van der Waals surface area contributed by atoms with Crippen molar-refractivity contribution in [3.05, 3.63) is 52.6 Å². The number of hydrogen-bond donors (Lipinski definition) is 2. The Hall–Kier alpha value is -2.62. The van der Waals surface area contributed by atoms with Gasteiger partial charge in [0.25, 0.3) is 0 Å². The van der Waals surface area contributed by atoms with Crippen molar-refractivity contribution in [2.75, 3.05) is 14.2 Å². The Morgan fingerprint density at radius 3 is 2.11 bits per heavy atom. The molecule has 0 amide bonds. The highest BCUT2D eigenvalue weighted by atomic mass is 32.3. The summed E-state index contributed by atoms with van der Waals surface area (Å²) in [5.74, 6) is 0.197. The molecule has 9 heteroatoms. The van der Waals surface area contributed by atoms with Crippen molar-refractivity contribution < 1.29 is 36.2 Å². The van der Waals surface area contributed by atoms with E-state index in [9.17, 15) is 22.5 Å². The number of aliphatic hydroxyl groups is 2. The molecule has 0 unspecified atom stereocenters. The van der Waals surface area contributed by atoms with Gasteiger partial charge in [-0.1, -0.05) is 22.1 Å². The average molecular weight is 398 g/mol. The quantitative estimate of drug-likeness (QED) is 0.520. The Bertz CT molecular complexity index is 914. The molecule has 2 aromatic carbocycles. The summed E-state index contributed by atoms with van der Waals surface area (Å²) >= 11 is 0. The number of halogens is 1. The van der Waals surface area contributed by atoms with Crippen molar-refractivity contribution in [1.29, 1.82) is 0 Å². The van der Waals surface area contributed by atoms with Crippen molar-refractivity contribution in [3.63, 3.8) is 0 Å². The standard InChI is InChI=1S/C18H19FO7S/c1-24-16-6-5-12(8-18(16)26-27(19,22)23)3-4-13-7-14(10-20)15(11-21)17(9-13)25-2/h3-9,20-21H,10-11H2,1-2H3/b4-3-. The number of aliphatic hydroxyl groups excluding tert-OH is 2. The predicted octanol–water partition coefficient (Wildman–Crippen LogP) is 2.45. The zero-order chi connectivity index (χ0) is 20.0. The number of benzene rings is 2. The molecule has 0 aromatic heterocycles. The van der Waals surface area contributed by atoms with Crippen LogP contribution in [0.2, 0.25) is 0 Å². The SMILES string of the molecule is COc1ccc(/C=C\c2cc(CO)c(CO)c(OC)c2)cc1OS(=O)(=O)F. The number of rotatable bonds is 8. The largest absolute Gasteiger partial charge is 0.496 e. The first-order valence-corrected chi connectivity index (χ1v) is 9.03. The average Bonchev–Trinajstić information content (AvgIpc) is 2.64. The molecule has 7 nitrogen and oxygen atoms in total. The topological polar surface area (TPSA) is 102 Å². The first-order chi connectivity index (χ1) is 12.8. The van der Waals surface area contributed by atoms with Crippen LogP contribution in [0, 0.1) is 0 Å². The fourth-order valence-electron chi connectivity index (χ4n) is 2.49. The third-order valence-electron chi connectivity index (χ3n) is 3.72. The highest BCUT2D eigenvalue weighted by molar-refractivity contribution is 7.81. The smallest absolute Gasteiger partial charge is 0.488 e. The summed E-state index contributed by atoms with van der Waals surface area (Å²) in [4.78, 5) is 0. The van der Waals surface area contributed by atoms with Crippen LogP contribution in [0.1, 0.15) is 22.3 Å². The summed E-state index contributed by atoms with van der Waals surface area (Å²) in [5, 5.41) is 18.9. The molecule has 0 heterocycles. The van der Waals surface area contributed by atoms with Gasteiger partial charge in [0, 0.05) is 5.56 Å². The molecule has 0 spiro atoms. The molecular weight excluding hydrogens is 379 g/mol. The molecule has 0 saturated carbocycles. The molecule has 2 rings (SSSR count). The molecule has 2 aromatic rings. The van der Waals surface area contributed by atoms with E-state index in [2.05, 4.69) is 4.18 Å². The van der Waals surface area contributed by atoms with Crippen molar-refractivity contribution in [2.45, 2.75) is 13.2 Å². The van der Waals surface area contributed by atoms with Gasteiger partial charge in [0.05, 0.1) is 27.4 Å². The summed E-state index contributed by atoms with van der Waals surface area (Å²) in [5.41, 5.74) is 2.19. The van der Waals surface area contributed by atoms with Crippen LogP contribution >= 0.6 is 0 Å². The van der Waals surface area contributed by atoms with Crippen LogP contribution in [-0.2, 0) is 23.7 Å². The van der Waals surface area contributed by atoms with Gasteiger partial charge in [0.15, 0.2) is 11.5 Å². The lowest BCUT2D eigenvalue weighted by molar-refractivity contribution is 0.254. The summed E-state index contributed by atoms with van der Waals surface area (Å²) in [6.07, 6.45) is 3.31. The van der Waals surface area contributed by atoms with Crippen LogP contribution < -0.4 is 13.7 Å². The van der Waals surface area contributed by atoms with E-state index in [4.69, 9.17) is 9.47 Å². The second-order valence-corrected chi connectivity index (χ2v) is 6.35. The van der Waals surface area contributed by atoms with Crippen molar-refractivity contribution in [3.8, 4) is 17.2 Å². The van der Waals surface area contributed by atoms with Crippen LogP contribution in [0.15, 0.2) is 30.3 Å². The second kappa shape index (κ2) is 8.85. The minimum absolute atomic E-state index is 0.0601. The molecule has 0 saturated heterocycles. The maximum Gasteiger partial charge on any atom is 0.488 e. The fraction of sp³-hybridized carbons (Fsp3) is 0.222. The zero-order valence-corrected chi connectivity index (χ0v) is 15.5. The molecule has 0 bridgehead atoms. The van der Waals surface area contributed by atoms with E-state index in [1.54, 1.807) is 30.4 Å². The normalized spacial score (nSPS) is 11.6. The van der Waals surface area contributed by atoms with Gasteiger partial charge < -0.3 is 23.9 Å². The Kier molecular flexibility index (Phi) is 6.78. The van der Waals surface area contributed by atoms with E-state index in [1.807, 2.05) is 0 Å². The molecule has 27 heavy (non-hydrogen) atoms. The summed E-state index contributed by atoms with van der Waals surface area (Å²) < 4.78 is 48.8. The van der Waals surface area contributed by atoms with E-state index in [0.29, 0.717) is 28.0 Å². The molecule has 0 aliphatic heterocycles. The molecule has 0 aliphatic rings. The second-order valence-electron chi connectivity index (χ2n) is 5.40. The van der Waals surface area contributed by atoms with Gasteiger partial charge in [-0.3, -0.25) is 0 Å². The molecule has 146 valence electrons. The van der Waals surface area contributed by atoms with Crippen molar-refractivity contribution >= 4 is 22.7 Å². The highest BCUT2D eigenvalue weighted by Crippen LogP contribution is 2.31. The third-order valence-corrected chi connectivity index (χ3v) is 4.10. The Balaban J connectivity index is 2.39. The van der Waals surface area contributed by atoms with Gasteiger partial charge in [0.1, 0.15) is 5.75 Å². The lowest BCUT2D eigenvalue weighted by atomic mass is 10.0. The molecule has 0 fully saturated rings. The zero-order valence-electron chi connectivity index (χ0n) is 14.7. The fourth-order valence-corrected chi connectivity index (χ4v) is 2.83. The van der Waals surface area contributed by atoms with Crippen LogP contribution in [0.5, 0.6) is 17.2 Å². The number of hydrogen-bond acceptors (Lipinski definition) is 7. The Morgan fingerprint density at radius 2 is 1.56 bits per heavy atom. The molecule has 2 N–H and O–H groups in total. The van der Waals surface area contributed by atoms with E-state index < -0.39 is 10.5 Å². The molecular formula is C18H19FO7S. The van der Waals surface area contributed by atoms with E-state index >= 15 is 0 Å². The van der Waals surface area contributed by atoms with Gasteiger partial charge >= 0.3 is 10.5 Å².